The van der Waals surface area contributed by atoms with Crippen molar-refractivity contribution in [1.29, 1.82) is 0 Å². The van der Waals surface area contributed by atoms with Crippen molar-refractivity contribution < 1.29 is 14.3 Å². The van der Waals surface area contributed by atoms with E-state index in [0.717, 1.165) is 48.5 Å². The lowest BCUT2D eigenvalue weighted by Crippen LogP contribution is -2.41. The van der Waals surface area contributed by atoms with Gasteiger partial charge in [-0.15, -0.1) is 5.10 Å². The van der Waals surface area contributed by atoms with Gasteiger partial charge in [0.15, 0.2) is 5.82 Å². The number of nitrogens with one attached hydrogen (secondary N) is 1. The zero-order chi connectivity index (χ0) is 24.9. The zero-order valence-corrected chi connectivity index (χ0v) is 20.5. The van der Waals surface area contributed by atoms with Gasteiger partial charge in [-0.25, -0.2) is 0 Å². The van der Waals surface area contributed by atoms with Crippen molar-refractivity contribution in [3.63, 3.8) is 0 Å². The maximum atomic E-state index is 13.4. The molecule has 0 aliphatic carbocycles. The first-order chi connectivity index (χ1) is 17.6. The van der Waals surface area contributed by atoms with Gasteiger partial charge in [-0.3, -0.25) is 14.5 Å². The summed E-state index contributed by atoms with van der Waals surface area (Å²) < 4.78 is 6.23. The van der Waals surface area contributed by atoms with Crippen molar-refractivity contribution in [3.05, 3.63) is 78.0 Å². The first-order valence-electron chi connectivity index (χ1n) is 12.5. The fourth-order valence-corrected chi connectivity index (χ4v) is 4.74. The van der Waals surface area contributed by atoms with Gasteiger partial charge in [0.25, 0.3) is 5.91 Å². The summed E-state index contributed by atoms with van der Waals surface area (Å²) in [5, 5.41) is 11.7. The standard InChI is InChI=1S/C28H31N5O3/c1-20-7-12-26(31-30-20)33(28(35)22-13-16-29-19-22)23-8-10-24(11-9-23)36-25-14-17-32(18-15-25)27(34)21-5-3-2-4-6-21/h2-12,22,25,29H,13-19H2,1H3/t22-/m0/s1. The van der Waals surface area contributed by atoms with Crippen LogP contribution in [0.4, 0.5) is 11.5 Å². The highest BCUT2D eigenvalue weighted by Crippen LogP contribution is 2.30. The summed E-state index contributed by atoms with van der Waals surface area (Å²) in [4.78, 5) is 29.6. The van der Waals surface area contributed by atoms with Gasteiger partial charge in [0.1, 0.15) is 11.9 Å². The summed E-state index contributed by atoms with van der Waals surface area (Å²) in [5.74, 6) is 1.26. The second-order valence-corrected chi connectivity index (χ2v) is 9.37. The van der Waals surface area contributed by atoms with Crippen LogP contribution in [0.15, 0.2) is 66.7 Å². The molecule has 2 aromatic carbocycles. The molecule has 3 heterocycles. The van der Waals surface area contributed by atoms with Crippen molar-refractivity contribution in [2.24, 2.45) is 5.92 Å². The number of carbonyl (C=O) groups is 2. The van der Waals surface area contributed by atoms with E-state index in [0.29, 0.717) is 25.5 Å². The molecule has 3 aromatic rings. The molecule has 0 radical (unpaired) electrons. The van der Waals surface area contributed by atoms with E-state index in [1.807, 2.05) is 78.6 Å². The lowest BCUT2D eigenvalue weighted by atomic mass is 10.1. The van der Waals surface area contributed by atoms with Crippen LogP contribution < -0.4 is 15.0 Å². The Kier molecular flexibility index (Phi) is 7.23. The monoisotopic (exact) mass is 485 g/mol. The minimum atomic E-state index is -0.0900. The zero-order valence-electron chi connectivity index (χ0n) is 20.5. The van der Waals surface area contributed by atoms with E-state index in [1.54, 1.807) is 4.90 Å². The lowest BCUT2D eigenvalue weighted by Gasteiger charge is -2.32. The average Bonchev–Trinajstić information content (AvgIpc) is 3.47. The molecule has 186 valence electrons. The average molecular weight is 486 g/mol. The minimum absolute atomic E-state index is 0.0160. The molecule has 2 aliphatic rings. The number of benzene rings is 2. The predicted octanol–water partition coefficient (Wildman–Crippen LogP) is 3.74. The molecule has 0 bridgehead atoms. The van der Waals surface area contributed by atoms with Crippen LogP contribution in [0.25, 0.3) is 0 Å². The fraction of sp³-hybridized carbons (Fsp3) is 0.357. The van der Waals surface area contributed by atoms with E-state index in [2.05, 4.69) is 15.5 Å². The Labute approximate surface area is 211 Å². The van der Waals surface area contributed by atoms with Gasteiger partial charge < -0.3 is 15.0 Å². The SMILES string of the molecule is Cc1ccc(N(C(=O)[C@H]2CCNC2)c2ccc(OC3CCN(C(=O)c4ccccc4)CC3)cc2)nn1. The number of likely N-dealkylation sites (tertiary alicyclic amines) is 1. The van der Waals surface area contributed by atoms with Crippen molar-refractivity contribution in [2.45, 2.75) is 32.3 Å². The van der Waals surface area contributed by atoms with Crippen LogP contribution in [0, 0.1) is 12.8 Å². The molecule has 2 amide bonds. The number of hydrogen-bond acceptors (Lipinski definition) is 6. The van der Waals surface area contributed by atoms with Crippen LogP contribution in [0.5, 0.6) is 5.75 Å². The van der Waals surface area contributed by atoms with Crippen molar-refractivity contribution in [1.82, 2.24) is 20.4 Å². The number of ether oxygens (including phenoxy) is 1. The Morgan fingerprint density at radius 2 is 1.69 bits per heavy atom. The molecule has 5 rings (SSSR count). The van der Waals surface area contributed by atoms with Gasteiger partial charge in [0, 0.05) is 38.0 Å². The van der Waals surface area contributed by atoms with E-state index in [-0.39, 0.29) is 23.8 Å². The number of amides is 2. The van der Waals surface area contributed by atoms with E-state index in [4.69, 9.17) is 4.74 Å². The topological polar surface area (TPSA) is 87.7 Å². The van der Waals surface area contributed by atoms with Gasteiger partial charge in [-0.05, 0) is 68.4 Å². The number of anilines is 2. The highest BCUT2D eigenvalue weighted by atomic mass is 16.5. The first-order valence-corrected chi connectivity index (χ1v) is 12.5. The second kappa shape index (κ2) is 10.9. The molecule has 0 saturated carbocycles. The maximum Gasteiger partial charge on any atom is 0.253 e. The Hall–Kier alpha value is -3.78. The molecule has 8 nitrogen and oxygen atoms in total. The summed E-state index contributed by atoms with van der Waals surface area (Å²) in [7, 11) is 0. The van der Waals surface area contributed by atoms with E-state index in [9.17, 15) is 9.59 Å². The Morgan fingerprint density at radius 1 is 0.944 bits per heavy atom. The Balaban J connectivity index is 1.24. The normalized spacial score (nSPS) is 18.1. The molecule has 8 heteroatoms. The van der Waals surface area contributed by atoms with Crippen LogP contribution >= 0.6 is 0 Å². The second-order valence-electron chi connectivity index (χ2n) is 9.37. The summed E-state index contributed by atoms with van der Waals surface area (Å²) in [6, 6.07) is 20.7. The fourth-order valence-electron chi connectivity index (χ4n) is 4.74. The molecule has 2 fully saturated rings. The van der Waals surface area contributed by atoms with Crippen molar-refractivity contribution in [2.75, 3.05) is 31.1 Å². The highest BCUT2D eigenvalue weighted by molar-refractivity contribution is 6.01. The van der Waals surface area contributed by atoms with Gasteiger partial charge in [-0.1, -0.05) is 18.2 Å². The van der Waals surface area contributed by atoms with Crippen molar-refractivity contribution in [3.8, 4) is 5.75 Å². The molecule has 36 heavy (non-hydrogen) atoms. The van der Waals surface area contributed by atoms with Crippen LogP contribution in [-0.2, 0) is 4.79 Å². The molecule has 1 atom stereocenters. The summed E-state index contributed by atoms with van der Waals surface area (Å²) in [6.07, 6.45) is 2.40. The van der Waals surface area contributed by atoms with Gasteiger partial charge >= 0.3 is 0 Å². The number of carbonyl (C=O) groups excluding carboxylic acids is 2. The first kappa shape index (κ1) is 23.9. The van der Waals surface area contributed by atoms with E-state index < -0.39 is 0 Å². The highest BCUT2D eigenvalue weighted by Gasteiger charge is 2.30. The van der Waals surface area contributed by atoms with Crippen LogP contribution in [-0.4, -0.2) is 59.2 Å². The minimum Gasteiger partial charge on any atom is -0.490 e. The third kappa shape index (κ3) is 5.39. The van der Waals surface area contributed by atoms with Gasteiger partial charge in [0.05, 0.1) is 17.3 Å². The molecule has 0 spiro atoms. The third-order valence-electron chi connectivity index (χ3n) is 6.79. The molecular formula is C28H31N5O3. The molecule has 2 saturated heterocycles. The Bertz CT molecular complexity index is 1170. The lowest BCUT2D eigenvalue weighted by molar-refractivity contribution is -0.121. The van der Waals surface area contributed by atoms with Crippen LogP contribution in [0.2, 0.25) is 0 Å². The number of aryl methyl sites for hydroxylation is 1. The summed E-state index contributed by atoms with van der Waals surface area (Å²) >= 11 is 0. The number of aromatic nitrogens is 2. The third-order valence-corrected chi connectivity index (χ3v) is 6.79. The maximum absolute atomic E-state index is 13.4. The largest absolute Gasteiger partial charge is 0.490 e. The summed E-state index contributed by atoms with van der Waals surface area (Å²) in [5.41, 5.74) is 2.26. The van der Waals surface area contributed by atoms with E-state index >= 15 is 0 Å². The quantitative estimate of drug-likeness (QED) is 0.572. The van der Waals surface area contributed by atoms with Gasteiger partial charge in [0.2, 0.25) is 5.91 Å². The number of hydrogen-bond donors (Lipinski definition) is 1. The molecule has 1 N–H and O–H groups in total. The number of nitrogens with zero attached hydrogens (tertiary/aromatic N) is 4. The van der Waals surface area contributed by atoms with Crippen LogP contribution in [0.3, 0.4) is 0 Å². The molecule has 0 unspecified atom stereocenters. The van der Waals surface area contributed by atoms with Crippen LogP contribution in [0.1, 0.15) is 35.3 Å². The smallest absolute Gasteiger partial charge is 0.253 e. The van der Waals surface area contributed by atoms with E-state index in [1.165, 1.54) is 0 Å². The summed E-state index contributed by atoms with van der Waals surface area (Å²) in [6.45, 7) is 4.71. The molecule has 2 aliphatic heterocycles. The Morgan fingerprint density at radius 3 is 2.33 bits per heavy atom. The molecular weight excluding hydrogens is 454 g/mol. The number of rotatable bonds is 6. The number of piperidine rings is 1. The van der Waals surface area contributed by atoms with Gasteiger partial charge in [-0.2, -0.15) is 5.10 Å². The predicted molar refractivity (Wildman–Crippen MR) is 137 cm³/mol. The molecule has 1 aromatic heterocycles. The van der Waals surface area contributed by atoms with Crippen molar-refractivity contribution >= 4 is 23.3 Å².